The molecular formula is C24H24N4O2S. The van der Waals surface area contributed by atoms with Gasteiger partial charge in [-0.15, -0.1) is 16.4 Å². The number of carbonyl (C=O) groups excluding carboxylic acids is 1. The van der Waals surface area contributed by atoms with Gasteiger partial charge in [-0.1, -0.05) is 36.4 Å². The molecule has 4 rings (SSSR count). The lowest BCUT2D eigenvalue weighted by Crippen LogP contribution is -2.12. The second kappa shape index (κ2) is 9.14. The molecule has 0 saturated carbocycles. The molecule has 0 aliphatic rings. The molecule has 6 nitrogen and oxygen atoms in total. The van der Waals surface area contributed by atoms with Crippen LogP contribution in [0.5, 0.6) is 5.75 Å². The SMILES string of the molecule is Cc1cc(C)c(C)c(OCc2csc(C(=O)Nc3ncn(Cc4ccccc4)n3)c2)c1. The Kier molecular flexibility index (Phi) is 6.13. The maximum Gasteiger partial charge on any atom is 0.268 e. The lowest BCUT2D eigenvalue weighted by molar-refractivity contribution is 0.102. The Hall–Kier alpha value is -3.45. The first kappa shape index (κ1) is 20.8. The fourth-order valence-corrected chi connectivity index (χ4v) is 4.04. The summed E-state index contributed by atoms with van der Waals surface area (Å²) in [5.74, 6) is 0.942. The molecule has 7 heteroatoms. The number of benzene rings is 2. The number of hydrogen-bond acceptors (Lipinski definition) is 5. The summed E-state index contributed by atoms with van der Waals surface area (Å²) in [6.07, 6.45) is 1.61. The monoisotopic (exact) mass is 432 g/mol. The van der Waals surface area contributed by atoms with Crippen LogP contribution in [0, 0.1) is 20.8 Å². The number of aryl methyl sites for hydroxylation is 2. The second-order valence-corrected chi connectivity index (χ2v) is 8.43. The highest BCUT2D eigenvalue weighted by molar-refractivity contribution is 7.12. The average molecular weight is 433 g/mol. The van der Waals surface area contributed by atoms with E-state index >= 15 is 0 Å². The van der Waals surface area contributed by atoms with Crippen molar-refractivity contribution >= 4 is 23.2 Å². The van der Waals surface area contributed by atoms with Gasteiger partial charge < -0.3 is 4.74 Å². The van der Waals surface area contributed by atoms with Gasteiger partial charge >= 0.3 is 0 Å². The first-order valence-corrected chi connectivity index (χ1v) is 10.9. The van der Waals surface area contributed by atoms with Crippen LogP contribution in [0.25, 0.3) is 0 Å². The van der Waals surface area contributed by atoms with E-state index in [0.717, 1.165) is 22.4 Å². The molecule has 158 valence electrons. The van der Waals surface area contributed by atoms with Crippen LogP contribution in [-0.4, -0.2) is 20.7 Å². The lowest BCUT2D eigenvalue weighted by Gasteiger charge is -2.11. The molecular weight excluding hydrogens is 408 g/mol. The maximum atomic E-state index is 12.6. The molecule has 0 bridgehead atoms. The van der Waals surface area contributed by atoms with Gasteiger partial charge in [0.05, 0.1) is 11.4 Å². The summed E-state index contributed by atoms with van der Waals surface area (Å²) >= 11 is 1.38. The van der Waals surface area contributed by atoms with Gasteiger partial charge in [0.2, 0.25) is 5.95 Å². The summed E-state index contributed by atoms with van der Waals surface area (Å²) in [5.41, 5.74) is 5.58. The van der Waals surface area contributed by atoms with Crippen LogP contribution >= 0.6 is 11.3 Å². The average Bonchev–Trinajstić information content (AvgIpc) is 3.40. The topological polar surface area (TPSA) is 69.0 Å². The van der Waals surface area contributed by atoms with Crippen molar-refractivity contribution in [2.75, 3.05) is 5.32 Å². The van der Waals surface area contributed by atoms with Gasteiger partial charge in [0.1, 0.15) is 18.7 Å². The van der Waals surface area contributed by atoms with Crippen LogP contribution in [-0.2, 0) is 13.2 Å². The normalized spacial score (nSPS) is 10.8. The second-order valence-electron chi connectivity index (χ2n) is 7.52. The number of thiophene rings is 1. The van der Waals surface area contributed by atoms with Gasteiger partial charge in [-0.25, -0.2) is 9.67 Å². The highest BCUT2D eigenvalue weighted by Crippen LogP contribution is 2.25. The van der Waals surface area contributed by atoms with Gasteiger partial charge in [0.25, 0.3) is 5.91 Å². The van der Waals surface area contributed by atoms with Crippen LogP contribution in [0.2, 0.25) is 0 Å². The third-order valence-corrected chi connectivity index (χ3v) is 5.96. The zero-order chi connectivity index (χ0) is 21.8. The molecule has 0 aliphatic heterocycles. The molecule has 31 heavy (non-hydrogen) atoms. The third kappa shape index (κ3) is 5.19. The van der Waals surface area contributed by atoms with Gasteiger partial charge in [0, 0.05) is 5.56 Å². The minimum atomic E-state index is -0.226. The van der Waals surface area contributed by atoms with Gasteiger partial charge in [-0.3, -0.25) is 10.1 Å². The summed E-state index contributed by atoms with van der Waals surface area (Å²) in [7, 11) is 0. The standard InChI is InChI=1S/C24H24N4O2S/c1-16-9-17(2)18(3)21(10-16)30-13-20-11-22(31-14-20)23(29)26-24-25-15-28(27-24)12-19-7-5-4-6-8-19/h4-11,14-15H,12-13H2,1-3H3,(H,26,27,29). The van der Waals surface area contributed by atoms with Crippen molar-refractivity contribution < 1.29 is 9.53 Å². The number of nitrogens with one attached hydrogen (secondary N) is 1. The third-order valence-electron chi connectivity index (χ3n) is 4.99. The quantitative estimate of drug-likeness (QED) is 0.439. The molecule has 0 aliphatic carbocycles. The van der Waals surface area contributed by atoms with Crippen LogP contribution in [0.4, 0.5) is 5.95 Å². The highest BCUT2D eigenvalue weighted by Gasteiger charge is 2.13. The fourth-order valence-electron chi connectivity index (χ4n) is 3.24. The summed E-state index contributed by atoms with van der Waals surface area (Å²) in [4.78, 5) is 17.4. The van der Waals surface area contributed by atoms with Crippen molar-refractivity contribution in [3.05, 3.63) is 92.9 Å². The van der Waals surface area contributed by atoms with Crippen molar-refractivity contribution in [3.8, 4) is 5.75 Å². The van der Waals surface area contributed by atoms with Crippen molar-refractivity contribution in [1.82, 2.24) is 14.8 Å². The van der Waals surface area contributed by atoms with Crippen LogP contribution in [0.3, 0.4) is 0 Å². The molecule has 0 fully saturated rings. The van der Waals surface area contributed by atoms with Gasteiger partial charge in [-0.05, 0) is 60.5 Å². The zero-order valence-corrected chi connectivity index (χ0v) is 18.6. The molecule has 0 unspecified atom stereocenters. The molecule has 2 aromatic heterocycles. The van der Waals surface area contributed by atoms with Crippen LogP contribution in [0.1, 0.15) is 37.5 Å². The summed E-state index contributed by atoms with van der Waals surface area (Å²) in [6, 6.07) is 16.0. The minimum absolute atomic E-state index is 0.226. The number of hydrogen-bond donors (Lipinski definition) is 1. The maximum absolute atomic E-state index is 12.6. The Balaban J connectivity index is 1.35. The summed E-state index contributed by atoms with van der Waals surface area (Å²) in [6.45, 7) is 7.21. The number of aromatic nitrogens is 3. The Morgan fingerprint density at radius 2 is 1.90 bits per heavy atom. The van der Waals surface area contributed by atoms with E-state index in [-0.39, 0.29) is 11.9 Å². The van der Waals surface area contributed by atoms with Crippen LogP contribution < -0.4 is 10.1 Å². The highest BCUT2D eigenvalue weighted by atomic mass is 32.1. The predicted octanol–water partition coefficient (Wildman–Crippen LogP) is 5.14. The Morgan fingerprint density at radius 3 is 2.71 bits per heavy atom. The molecule has 0 radical (unpaired) electrons. The number of amides is 1. The molecule has 2 heterocycles. The number of carbonyl (C=O) groups is 1. The fraction of sp³-hybridized carbons (Fsp3) is 0.208. The summed E-state index contributed by atoms with van der Waals surface area (Å²) in [5, 5.41) is 9.04. The summed E-state index contributed by atoms with van der Waals surface area (Å²) < 4.78 is 7.70. The van der Waals surface area contributed by atoms with E-state index < -0.39 is 0 Å². The number of ether oxygens (including phenoxy) is 1. The van der Waals surface area contributed by atoms with Crippen molar-refractivity contribution in [1.29, 1.82) is 0 Å². The molecule has 1 N–H and O–H groups in total. The minimum Gasteiger partial charge on any atom is -0.489 e. The van der Waals surface area contributed by atoms with E-state index in [2.05, 4.69) is 42.2 Å². The Bertz CT molecular complexity index is 1200. The predicted molar refractivity (Wildman–Crippen MR) is 123 cm³/mol. The van der Waals surface area contributed by atoms with Crippen molar-refractivity contribution in [2.45, 2.75) is 33.9 Å². The van der Waals surface area contributed by atoms with E-state index in [1.54, 1.807) is 11.0 Å². The first-order chi connectivity index (χ1) is 15.0. The van der Waals surface area contributed by atoms with E-state index in [4.69, 9.17) is 4.74 Å². The molecule has 0 spiro atoms. The van der Waals surface area contributed by atoms with Gasteiger partial charge in [0.15, 0.2) is 0 Å². The lowest BCUT2D eigenvalue weighted by atomic mass is 10.1. The molecule has 0 atom stereocenters. The Labute approximate surface area is 185 Å². The van der Waals surface area contributed by atoms with E-state index in [0.29, 0.717) is 18.0 Å². The largest absolute Gasteiger partial charge is 0.489 e. The van der Waals surface area contributed by atoms with Crippen molar-refractivity contribution in [3.63, 3.8) is 0 Å². The van der Waals surface area contributed by atoms with E-state index in [1.807, 2.05) is 47.8 Å². The zero-order valence-electron chi connectivity index (χ0n) is 17.8. The molecule has 4 aromatic rings. The van der Waals surface area contributed by atoms with E-state index in [1.165, 1.54) is 22.5 Å². The number of nitrogens with zero attached hydrogens (tertiary/aromatic N) is 3. The molecule has 2 aromatic carbocycles. The Morgan fingerprint density at radius 1 is 1.10 bits per heavy atom. The molecule has 0 saturated heterocycles. The first-order valence-electron chi connectivity index (χ1n) is 10.0. The van der Waals surface area contributed by atoms with Crippen molar-refractivity contribution in [2.24, 2.45) is 0 Å². The number of rotatable bonds is 7. The van der Waals surface area contributed by atoms with Gasteiger partial charge in [-0.2, -0.15) is 0 Å². The molecule has 1 amide bonds. The smallest absolute Gasteiger partial charge is 0.268 e. The van der Waals surface area contributed by atoms with Crippen LogP contribution in [0.15, 0.2) is 60.2 Å². The van der Waals surface area contributed by atoms with E-state index in [9.17, 15) is 4.79 Å². The number of anilines is 1.